The predicted molar refractivity (Wildman–Crippen MR) is 78.3 cm³/mol. The number of ether oxygens (including phenoxy) is 2. The standard InChI is InChI=1S/C16H20ClNO2/c17-12-1-2-13-14(7-12)19-9-11-8-16(10-20-15(11)13)3-5-18-6-4-16/h1-2,7,11,15,18H,3-6,8-10H2/t11-,15+/m1/s1. The highest BCUT2D eigenvalue weighted by Gasteiger charge is 2.45. The predicted octanol–water partition coefficient (Wildman–Crippen LogP) is 3.18. The van der Waals surface area contributed by atoms with Gasteiger partial charge in [0.25, 0.3) is 0 Å². The Balaban J connectivity index is 1.59. The fourth-order valence-corrected chi connectivity index (χ4v) is 4.15. The Kier molecular flexibility index (Phi) is 3.17. The van der Waals surface area contributed by atoms with E-state index in [-0.39, 0.29) is 6.10 Å². The third kappa shape index (κ3) is 2.12. The summed E-state index contributed by atoms with van der Waals surface area (Å²) in [5.74, 6) is 1.38. The topological polar surface area (TPSA) is 30.5 Å². The van der Waals surface area contributed by atoms with Crippen LogP contribution >= 0.6 is 11.6 Å². The minimum Gasteiger partial charge on any atom is -0.493 e. The van der Waals surface area contributed by atoms with E-state index >= 15 is 0 Å². The van der Waals surface area contributed by atoms with Gasteiger partial charge in [-0.3, -0.25) is 0 Å². The van der Waals surface area contributed by atoms with Gasteiger partial charge >= 0.3 is 0 Å². The first-order valence-electron chi connectivity index (χ1n) is 7.50. The molecule has 108 valence electrons. The molecule has 3 aliphatic heterocycles. The Hall–Kier alpha value is -0.770. The largest absolute Gasteiger partial charge is 0.493 e. The number of rotatable bonds is 0. The summed E-state index contributed by atoms with van der Waals surface area (Å²) in [5.41, 5.74) is 1.55. The quantitative estimate of drug-likeness (QED) is 0.797. The van der Waals surface area contributed by atoms with Crippen LogP contribution in [0, 0.1) is 11.3 Å². The Bertz CT molecular complexity index is 513. The van der Waals surface area contributed by atoms with Crippen LogP contribution in [0.4, 0.5) is 0 Å². The van der Waals surface area contributed by atoms with Gasteiger partial charge in [-0.05, 0) is 49.9 Å². The lowest BCUT2D eigenvalue weighted by atomic mass is 9.69. The normalized spacial score (nSPS) is 31.2. The van der Waals surface area contributed by atoms with Crippen molar-refractivity contribution in [3.8, 4) is 5.75 Å². The SMILES string of the molecule is Clc1ccc2c(c1)OC[C@H]1CC3(CCNCC3)CO[C@H]21. The molecular weight excluding hydrogens is 274 g/mol. The molecule has 20 heavy (non-hydrogen) atoms. The molecule has 0 aromatic heterocycles. The van der Waals surface area contributed by atoms with Gasteiger partial charge in [0.1, 0.15) is 5.75 Å². The Morgan fingerprint density at radius 1 is 1.25 bits per heavy atom. The van der Waals surface area contributed by atoms with E-state index in [2.05, 4.69) is 11.4 Å². The molecule has 2 saturated heterocycles. The first-order chi connectivity index (χ1) is 9.76. The molecule has 1 N–H and O–H groups in total. The number of hydrogen-bond donors (Lipinski definition) is 1. The van der Waals surface area contributed by atoms with E-state index in [9.17, 15) is 0 Å². The van der Waals surface area contributed by atoms with Crippen molar-refractivity contribution in [2.75, 3.05) is 26.3 Å². The average molecular weight is 294 g/mol. The van der Waals surface area contributed by atoms with Crippen molar-refractivity contribution in [2.45, 2.75) is 25.4 Å². The molecule has 3 aliphatic rings. The summed E-state index contributed by atoms with van der Waals surface area (Å²) in [6, 6.07) is 5.91. The summed E-state index contributed by atoms with van der Waals surface area (Å²) in [7, 11) is 0. The van der Waals surface area contributed by atoms with Gasteiger partial charge in [0.05, 0.1) is 19.3 Å². The molecule has 0 amide bonds. The van der Waals surface area contributed by atoms with Crippen LogP contribution < -0.4 is 10.1 Å². The van der Waals surface area contributed by atoms with E-state index in [0.717, 1.165) is 37.1 Å². The lowest BCUT2D eigenvalue weighted by Crippen LogP contribution is -2.47. The molecule has 2 fully saturated rings. The molecule has 0 radical (unpaired) electrons. The highest BCUT2D eigenvalue weighted by Crippen LogP contribution is 2.50. The second kappa shape index (κ2) is 4.90. The van der Waals surface area contributed by atoms with E-state index in [4.69, 9.17) is 21.1 Å². The fraction of sp³-hybridized carbons (Fsp3) is 0.625. The maximum absolute atomic E-state index is 6.29. The molecule has 3 nitrogen and oxygen atoms in total. The molecule has 0 saturated carbocycles. The Labute approximate surface area is 124 Å². The molecule has 0 aliphatic carbocycles. The van der Waals surface area contributed by atoms with Crippen molar-refractivity contribution >= 4 is 11.6 Å². The molecule has 0 bridgehead atoms. The zero-order valence-electron chi connectivity index (χ0n) is 11.5. The van der Waals surface area contributed by atoms with Crippen molar-refractivity contribution in [2.24, 2.45) is 11.3 Å². The second-order valence-corrected chi connectivity index (χ2v) is 6.88. The summed E-state index contributed by atoms with van der Waals surface area (Å²) < 4.78 is 12.2. The number of fused-ring (bicyclic) bond motifs is 3. The minimum absolute atomic E-state index is 0.191. The third-order valence-electron chi connectivity index (χ3n) is 5.09. The van der Waals surface area contributed by atoms with Crippen LogP contribution in [0.15, 0.2) is 18.2 Å². The van der Waals surface area contributed by atoms with Crippen molar-refractivity contribution in [3.05, 3.63) is 28.8 Å². The monoisotopic (exact) mass is 293 g/mol. The van der Waals surface area contributed by atoms with Crippen molar-refractivity contribution in [1.29, 1.82) is 0 Å². The fourth-order valence-electron chi connectivity index (χ4n) is 3.99. The summed E-state index contributed by atoms with van der Waals surface area (Å²) in [4.78, 5) is 0. The van der Waals surface area contributed by atoms with Crippen molar-refractivity contribution < 1.29 is 9.47 Å². The summed E-state index contributed by atoms with van der Waals surface area (Å²) in [6.45, 7) is 3.88. The summed E-state index contributed by atoms with van der Waals surface area (Å²) in [5, 5.41) is 4.18. The van der Waals surface area contributed by atoms with Crippen LogP contribution in [-0.2, 0) is 4.74 Å². The molecule has 1 spiro atoms. The zero-order chi connectivity index (χ0) is 13.6. The molecule has 0 unspecified atom stereocenters. The van der Waals surface area contributed by atoms with Crippen LogP contribution in [0.1, 0.15) is 30.9 Å². The maximum Gasteiger partial charge on any atom is 0.126 e. The van der Waals surface area contributed by atoms with Crippen LogP contribution in [0.3, 0.4) is 0 Å². The average Bonchev–Trinajstić information content (AvgIpc) is 2.47. The number of hydrogen-bond acceptors (Lipinski definition) is 3. The maximum atomic E-state index is 6.29. The van der Waals surface area contributed by atoms with E-state index in [1.165, 1.54) is 24.8 Å². The molecule has 4 rings (SSSR count). The van der Waals surface area contributed by atoms with E-state index in [1.807, 2.05) is 12.1 Å². The molecular formula is C16H20ClNO2. The first-order valence-corrected chi connectivity index (χ1v) is 7.88. The smallest absolute Gasteiger partial charge is 0.126 e. The summed E-state index contributed by atoms with van der Waals surface area (Å²) in [6.07, 6.45) is 3.87. The van der Waals surface area contributed by atoms with Gasteiger partial charge in [0.15, 0.2) is 0 Å². The lowest BCUT2D eigenvalue weighted by molar-refractivity contribution is -0.128. The molecule has 4 heteroatoms. The molecule has 1 aromatic carbocycles. The highest BCUT2D eigenvalue weighted by molar-refractivity contribution is 6.30. The molecule has 1 aromatic rings. The third-order valence-corrected chi connectivity index (χ3v) is 5.33. The van der Waals surface area contributed by atoms with Gasteiger partial charge < -0.3 is 14.8 Å². The first kappa shape index (κ1) is 12.9. The van der Waals surface area contributed by atoms with Gasteiger partial charge in [-0.15, -0.1) is 0 Å². The van der Waals surface area contributed by atoms with E-state index < -0.39 is 0 Å². The summed E-state index contributed by atoms with van der Waals surface area (Å²) >= 11 is 6.04. The van der Waals surface area contributed by atoms with Gasteiger partial charge in [-0.1, -0.05) is 17.7 Å². The van der Waals surface area contributed by atoms with Crippen LogP contribution in [0.5, 0.6) is 5.75 Å². The number of piperidine rings is 1. The van der Waals surface area contributed by atoms with Gasteiger partial charge in [-0.25, -0.2) is 0 Å². The van der Waals surface area contributed by atoms with E-state index in [1.54, 1.807) is 0 Å². The highest BCUT2D eigenvalue weighted by atomic mass is 35.5. The minimum atomic E-state index is 0.191. The van der Waals surface area contributed by atoms with Gasteiger partial charge in [0, 0.05) is 16.5 Å². The van der Waals surface area contributed by atoms with Crippen molar-refractivity contribution in [3.63, 3.8) is 0 Å². The lowest BCUT2D eigenvalue weighted by Gasteiger charge is -2.48. The van der Waals surface area contributed by atoms with Gasteiger partial charge in [0.2, 0.25) is 0 Å². The van der Waals surface area contributed by atoms with Gasteiger partial charge in [-0.2, -0.15) is 0 Å². The number of benzene rings is 1. The zero-order valence-corrected chi connectivity index (χ0v) is 12.3. The number of nitrogens with one attached hydrogen (secondary N) is 1. The van der Waals surface area contributed by atoms with E-state index in [0.29, 0.717) is 11.3 Å². The van der Waals surface area contributed by atoms with Crippen LogP contribution in [0.2, 0.25) is 5.02 Å². The molecule has 2 atom stereocenters. The van der Waals surface area contributed by atoms with Crippen LogP contribution in [-0.4, -0.2) is 26.3 Å². The number of halogens is 1. The second-order valence-electron chi connectivity index (χ2n) is 6.44. The molecule has 3 heterocycles. The van der Waals surface area contributed by atoms with Crippen LogP contribution in [0.25, 0.3) is 0 Å². The Morgan fingerprint density at radius 2 is 2.10 bits per heavy atom. The Morgan fingerprint density at radius 3 is 2.95 bits per heavy atom. The van der Waals surface area contributed by atoms with Crippen molar-refractivity contribution in [1.82, 2.24) is 5.32 Å².